The standard InChI is InChI=1S/C17H18N2O2S/c1-3-7-17(15-8-5-4-6-9-15)18-19-22(20,21)16-12-10-14(2)11-13-16/h3-6,8-13,19H,1,7H2,2H3/b18-17+. The summed E-state index contributed by atoms with van der Waals surface area (Å²) < 4.78 is 24.5. The molecular weight excluding hydrogens is 296 g/mol. The number of aryl methyl sites for hydroxylation is 1. The molecule has 0 aliphatic heterocycles. The smallest absolute Gasteiger partial charge is 0.200 e. The average molecular weight is 314 g/mol. The Balaban J connectivity index is 2.27. The first-order valence-electron chi connectivity index (χ1n) is 6.84. The summed E-state index contributed by atoms with van der Waals surface area (Å²) in [5.41, 5.74) is 2.47. The molecule has 4 nitrogen and oxygen atoms in total. The number of sulfonamides is 1. The molecule has 114 valence electrons. The van der Waals surface area contributed by atoms with Crippen LogP contribution < -0.4 is 4.83 Å². The van der Waals surface area contributed by atoms with Crippen molar-refractivity contribution in [3.63, 3.8) is 0 Å². The Morgan fingerprint density at radius 1 is 1.14 bits per heavy atom. The quantitative estimate of drug-likeness (QED) is 0.505. The zero-order valence-corrected chi connectivity index (χ0v) is 13.2. The van der Waals surface area contributed by atoms with Crippen LogP contribution in [0.25, 0.3) is 0 Å². The normalized spacial score (nSPS) is 12.0. The first-order valence-corrected chi connectivity index (χ1v) is 8.32. The van der Waals surface area contributed by atoms with Gasteiger partial charge in [0, 0.05) is 6.42 Å². The minimum Gasteiger partial charge on any atom is -0.200 e. The van der Waals surface area contributed by atoms with Crippen molar-refractivity contribution in [2.24, 2.45) is 5.10 Å². The molecule has 0 amide bonds. The maximum atomic E-state index is 12.2. The highest BCUT2D eigenvalue weighted by Gasteiger charge is 2.13. The summed E-state index contributed by atoms with van der Waals surface area (Å²) in [5.74, 6) is 0. The van der Waals surface area contributed by atoms with Gasteiger partial charge in [0.05, 0.1) is 10.6 Å². The zero-order valence-electron chi connectivity index (χ0n) is 12.4. The molecule has 0 unspecified atom stereocenters. The molecule has 2 aromatic carbocycles. The fourth-order valence-corrected chi connectivity index (χ4v) is 2.71. The Kier molecular flexibility index (Phi) is 5.12. The molecule has 0 spiro atoms. The lowest BCUT2D eigenvalue weighted by Gasteiger charge is -2.07. The van der Waals surface area contributed by atoms with Crippen LogP contribution in [-0.4, -0.2) is 14.1 Å². The monoisotopic (exact) mass is 314 g/mol. The number of hydrazone groups is 1. The Morgan fingerprint density at radius 2 is 1.77 bits per heavy atom. The predicted octanol–water partition coefficient (Wildman–Crippen LogP) is 3.25. The van der Waals surface area contributed by atoms with E-state index < -0.39 is 10.0 Å². The third-order valence-electron chi connectivity index (χ3n) is 3.08. The number of hydrogen-bond donors (Lipinski definition) is 1. The van der Waals surface area contributed by atoms with Crippen molar-refractivity contribution in [1.82, 2.24) is 4.83 Å². The molecule has 0 heterocycles. The lowest BCUT2D eigenvalue weighted by atomic mass is 10.1. The number of nitrogens with one attached hydrogen (secondary N) is 1. The molecule has 0 radical (unpaired) electrons. The van der Waals surface area contributed by atoms with Gasteiger partial charge in [0.2, 0.25) is 0 Å². The van der Waals surface area contributed by atoms with E-state index in [1.807, 2.05) is 37.3 Å². The maximum Gasteiger partial charge on any atom is 0.276 e. The highest BCUT2D eigenvalue weighted by atomic mass is 32.2. The summed E-state index contributed by atoms with van der Waals surface area (Å²) >= 11 is 0. The van der Waals surface area contributed by atoms with Gasteiger partial charge in [-0.15, -0.1) is 6.58 Å². The van der Waals surface area contributed by atoms with Crippen molar-refractivity contribution >= 4 is 15.7 Å². The number of allylic oxidation sites excluding steroid dienone is 1. The second-order valence-corrected chi connectivity index (χ2v) is 6.49. The fraction of sp³-hybridized carbons (Fsp3) is 0.118. The largest absolute Gasteiger partial charge is 0.276 e. The maximum absolute atomic E-state index is 12.2. The van der Waals surface area contributed by atoms with E-state index in [-0.39, 0.29) is 4.90 Å². The van der Waals surface area contributed by atoms with Crippen LogP contribution in [0.5, 0.6) is 0 Å². The zero-order chi connectivity index (χ0) is 16.0. The van der Waals surface area contributed by atoms with Gasteiger partial charge in [0.15, 0.2) is 0 Å². The van der Waals surface area contributed by atoms with E-state index in [1.165, 1.54) is 0 Å². The SMILES string of the molecule is C=CC/C(=N\NS(=O)(=O)c1ccc(C)cc1)c1ccccc1. The lowest BCUT2D eigenvalue weighted by molar-refractivity contribution is 0.584. The van der Waals surface area contributed by atoms with E-state index in [9.17, 15) is 8.42 Å². The summed E-state index contributed by atoms with van der Waals surface area (Å²) in [5, 5.41) is 4.06. The van der Waals surface area contributed by atoms with Crippen molar-refractivity contribution in [2.45, 2.75) is 18.2 Å². The number of benzene rings is 2. The Labute approximate surface area is 131 Å². The molecule has 5 heteroatoms. The molecule has 0 aliphatic rings. The molecular formula is C17H18N2O2S. The van der Waals surface area contributed by atoms with Crippen LogP contribution in [0.4, 0.5) is 0 Å². The predicted molar refractivity (Wildman–Crippen MR) is 89.3 cm³/mol. The van der Waals surface area contributed by atoms with Crippen molar-refractivity contribution in [2.75, 3.05) is 0 Å². The summed E-state index contributed by atoms with van der Waals surface area (Å²) in [7, 11) is -3.67. The third-order valence-corrected chi connectivity index (χ3v) is 4.30. The van der Waals surface area contributed by atoms with Gasteiger partial charge in [-0.1, -0.05) is 54.1 Å². The van der Waals surface area contributed by atoms with Crippen molar-refractivity contribution in [3.8, 4) is 0 Å². The highest BCUT2D eigenvalue weighted by Crippen LogP contribution is 2.11. The second-order valence-electron chi connectivity index (χ2n) is 4.83. The van der Waals surface area contributed by atoms with Crippen LogP contribution in [0, 0.1) is 6.92 Å². The van der Waals surface area contributed by atoms with Crippen LogP contribution >= 0.6 is 0 Å². The van der Waals surface area contributed by atoms with E-state index in [0.29, 0.717) is 12.1 Å². The molecule has 0 saturated heterocycles. The summed E-state index contributed by atoms with van der Waals surface area (Å²) in [6.45, 7) is 5.58. The molecule has 22 heavy (non-hydrogen) atoms. The average Bonchev–Trinajstić information content (AvgIpc) is 2.53. The fourth-order valence-electron chi connectivity index (χ4n) is 1.88. The third kappa shape index (κ3) is 4.05. The van der Waals surface area contributed by atoms with Gasteiger partial charge in [-0.25, -0.2) is 0 Å². The molecule has 2 aromatic rings. The van der Waals surface area contributed by atoms with Gasteiger partial charge in [-0.2, -0.15) is 18.4 Å². The van der Waals surface area contributed by atoms with Crippen LogP contribution in [0.1, 0.15) is 17.5 Å². The van der Waals surface area contributed by atoms with Gasteiger partial charge in [-0.3, -0.25) is 0 Å². The number of rotatable bonds is 6. The minimum atomic E-state index is -3.67. The highest BCUT2D eigenvalue weighted by molar-refractivity contribution is 7.89. The Bertz CT molecular complexity index is 764. The van der Waals surface area contributed by atoms with Crippen molar-refractivity contribution in [3.05, 3.63) is 78.4 Å². The summed E-state index contributed by atoms with van der Waals surface area (Å²) in [6, 6.07) is 16.0. The molecule has 1 N–H and O–H groups in total. The number of nitrogens with zero attached hydrogens (tertiary/aromatic N) is 1. The summed E-state index contributed by atoms with van der Waals surface area (Å²) in [4.78, 5) is 2.48. The molecule has 0 bridgehead atoms. The summed E-state index contributed by atoms with van der Waals surface area (Å²) in [6.07, 6.45) is 2.16. The van der Waals surface area contributed by atoms with Crippen molar-refractivity contribution in [1.29, 1.82) is 0 Å². The lowest BCUT2D eigenvalue weighted by Crippen LogP contribution is -2.20. The molecule has 0 saturated carbocycles. The van der Waals surface area contributed by atoms with E-state index in [2.05, 4.69) is 16.5 Å². The van der Waals surface area contributed by atoms with Crippen molar-refractivity contribution < 1.29 is 8.42 Å². The van der Waals surface area contributed by atoms with E-state index >= 15 is 0 Å². The molecule has 0 fully saturated rings. The van der Waals surface area contributed by atoms with Crippen LogP contribution in [0.3, 0.4) is 0 Å². The van der Waals surface area contributed by atoms with E-state index in [1.54, 1.807) is 30.3 Å². The second kappa shape index (κ2) is 7.04. The van der Waals surface area contributed by atoms with Crippen LogP contribution in [0.2, 0.25) is 0 Å². The Hall–Kier alpha value is -2.40. The molecule has 2 rings (SSSR count). The van der Waals surface area contributed by atoms with Gasteiger partial charge in [0.1, 0.15) is 0 Å². The van der Waals surface area contributed by atoms with E-state index in [0.717, 1.165) is 11.1 Å². The number of hydrogen-bond acceptors (Lipinski definition) is 3. The molecule has 0 atom stereocenters. The van der Waals surface area contributed by atoms with Gasteiger partial charge in [-0.05, 0) is 24.6 Å². The molecule has 0 aromatic heterocycles. The van der Waals surface area contributed by atoms with E-state index in [4.69, 9.17) is 0 Å². The van der Waals surface area contributed by atoms with Gasteiger partial charge in [0.25, 0.3) is 10.0 Å². The topological polar surface area (TPSA) is 58.5 Å². The Morgan fingerprint density at radius 3 is 2.36 bits per heavy atom. The minimum absolute atomic E-state index is 0.188. The molecule has 0 aliphatic carbocycles. The van der Waals surface area contributed by atoms with Crippen LogP contribution in [0.15, 0.2) is 77.2 Å². The van der Waals surface area contributed by atoms with Gasteiger partial charge >= 0.3 is 0 Å². The van der Waals surface area contributed by atoms with Crippen LogP contribution in [-0.2, 0) is 10.0 Å². The first-order chi connectivity index (χ1) is 10.5. The first kappa shape index (κ1) is 16.0. The van der Waals surface area contributed by atoms with Gasteiger partial charge < -0.3 is 0 Å².